The minimum absolute atomic E-state index is 0.522. The van der Waals surface area contributed by atoms with E-state index in [1.54, 1.807) is 7.11 Å². The highest BCUT2D eigenvalue weighted by atomic mass is 16.5. The Morgan fingerprint density at radius 1 is 1.39 bits per heavy atom. The van der Waals surface area contributed by atoms with Crippen LogP contribution in [0.5, 0.6) is 0 Å². The second kappa shape index (κ2) is 6.14. The average molecular weight is 249 g/mol. The quantitative estimate of drug-likeness (QED) is 0.871. The number of hydrogen-bond acceptors (Lipinski definition) is 4. The summed E-state index contributed by atoms with van der Waals surface area (Å²) in [6, 6.07) is 1.98. The van der Waals surface area contributed by atoms with E-state index < -0.39 is 0 Å². The zero-order valence-corrected chi connectivity index (χ0v) is 11.6. The van der Waals surface area contributed by atoms with Crippen molar-refractivity contribution in [3.8, 4) is 0 Å². The lowest BCUT2D eigenvalue weighted by molar-refractivity contribution is 0.181. The van der Waals surface area contributed by atoms with Gasteiger partial charge in [-0.1, -0.05) is 6.92 Å². The van der Waals surface area contributed by atoms with E-state index >= 15 is 0 Å². The predicted octanol–water partition coefficient (Wildman–Crippen LogP) is 2.96. The number of hydrogen-bond donors (Lipinski definition) is 1. The van der Waals surface area contributed by atoms with Crippen molar-refractivity contribution < 1.29 is 4.74 Å². The van der Waals surface area contributed by atoms with Crippen molar-refractivity contribution in [3.05, 3.63) is 17.6 Å². The van der Waals surface area contributed by atoms with E-state index in [4.69, 9.17) is 4.74 Å². The molecule has 2 unspecified atom stereocenters. The Morgan fingerprint density at radius 2 is 2.22 bits per heavy atom. The third-order valence-electron chi connectivity index (χ3n) is 3.51. The number of anilines is 1. The van der Waals surface area contributed by atoms with Crippen molar-refractivity contribution in [3.63, 3.8) is 0 Å². The molecule has 2 rings (SSSR count). The Kier molecular flexibility index (Phi) is 4.53. The first-order valence-electron chi connectivity index (χ1n) is 6.83. The van der Waals surface area contributed by atoms with Crippen molar-refractivity contribution >= 4 is 5.82 Å². The van der Waals surface area contributed by atoms with Crippen LogP contribution in [-0.2, 0) is 11.3 Å². The standard InChI is InChI=1S/C14H23N3O/c1-4-15-13-8-12(9-18-3)16-14(17-13)11-6-5-10(2)7-11/h8,10-11H,4-7,9H2,1-3H3,(H,15,16,17). The van der Waals surface area contributed by atoms with Gasteiger partial charge >= 0.3 is 0 Å². The number of ether oxygens (including phenoxy) is 1. The highest BCUT2D eigenvalue weighted by Gasteiger charge is 2.25. The number of nitrogens with zero attached hydrogens (tertiary/aromatic N) is 2. The van der Waals surface area contributed by atoms with Gasteiger partial charge in [-0.05, 0) is 32.1 Å². The minimum Gasteiger partial charge on any atom is -0.378 e. The van der Waals surface area contributed by atoms with Gasteiger partial charge in [0, 0.05) is 25.6 Å². The van der Waals surface area contributed by atoms with Crippen LogP contribution in [0, 0.1) is 5.92 Å². The van der Waals surface area contributed by atoms with Crippen molar-refractivity contribution in [2.45, 2.75) is 45.6 Å². The van der Waals surface area contributed by atoms with E-state index in [1.807, 2.05) is 6.07 Å². The number of nitrogens with one attached hydrogen (secondary N) is 1. The fourth-order valence-corrected chi connectivity index (χ4v) is 2.64. The van der Waals surface area contributed by atoms with Crippen LogP contribution in [0.1, 0.15) is 50.5 Å². The highest BCUT2D eigenvalue weighted by molar-refractivity contribution is 5.36. The lowest BCUT2D eigenvalue weighted by Crippen LogP contribution is -2.09. The summed E-state index contributed by atoms with van der Waals surface area (Å²) in [5.74, 6) is 3.24. The van der Waals surface area contributed by atoms with E-state index in [1.165, 1.54) is 19.3 Å². The Bertz CT molecular complexity index is 370. The maximum absolute atomic E-state index is 5.18. The summed E-state index contributed by atoms with van der Waals surface area (Å²) in [5, 5.41) is 3.27. The molecule has 1 fully saturated rings. The molecule has 1 saturated carbocycles. The van der Waals surface area contributed by atoms with Crippen LogP contribution in [0.2, 0.25) is 0 Å². The lowest BCUT2D eigenvalue weighted by atomic mass is 10.1. The number of aromatic nitrogens is 2. The molecule has 1 aliphatic carbocycles. The fraction of sp³-hybridized carbons (Fsp3) is 0.714. The van der Waals surface area contributed by atoms with Gasteiger partial charge in [-0.25, -0.2) is 9.97 Å². The van der Waals surface area contributed by atoms with Crippen LogP contribution in [0.3, 0.4) is 0 Å². The Labute approximate surface area is 109 Å². The molecule has 0 aromatic carbocycles. The molecule has 4 nitrogen and oxygen atoms in total. The molecular weight excluding hydrogens is 226 g/mol. The molecule has 1 aliphatic rings. The van der Waals surface area contributed by atoms with Gasteiger partial charge in [0.25, 0.3) is 0 Å². The van der Waals surface area contributed by atoms with Crippen molar-refractivity contribution in [1.82, 2.24) is 9.97 Å². The molecule has 4 heteroatoms. The minimum atomic E-state index is 0.522. The van der Waals surface area contributed by atoms with Crippen LogP contribution in [0.4, 0.5) is 5.82 Å². The maximum atomic E-state index is 5.18. The summed E-state index contributed by atoms with van der Waals surface area (Å²) in [4.78, 5) is 9.29. The van der Waals surface area contributed by atoms with Gasteiger partial charge in [0.05, 0.1) is 12.3 Å². The molecule has 0 radical (unpaired) electrons. The first-order valence-corrected chi connectivity index (χ1v) is 6.83. The molecule has 1 aromatic rings. The Hall–Kier alpha value is -1.16. The number of methoxy groups -OCH3 is 1. The topological polar surface area (TPSA) is 47.0 Å². The molecule has 0 saturated heterocycles. The van der Waals surface area contributed by atoms with E-state index in [2.05, 4.69) is 29.1 Å². The van der Waals surface area contributed by atoms with Crippen molar-refractivity contribution in [2.24, 2.45) is 5.92 Å². The fourth-order valence-electron chi connectivity index (χ4n) is 2.64. The van der Waals surface area contributed by atoms with Gasteiger partial charge in [0.2, 0.25) is 0 Å². The molecule has 2 atom stereocenters. The molecular formula is C14H23N3O. The average Bonchev–Trinajstić information content (AvgIpc) is 2.76. The zero-order chi connectivity index (χ0) is 13.0. The van der Waals surface area contributed by atoms with Crippen LogP contribution in [0.15, 0.2) is 6.07 Å². The Morgan fingerprint density at radius 3 is 2.83 bits per heavy atom. The van der Waals surface area contributed by atoms with Gasteiger partial charge in [-0.15, -0.1) is 0 Å². The largest absolute Gasteiger partial charge is 0.378 e. The zero-order valence-electron chi connectivity index (χ0n) is 11.6. The SMILES string of the molecule is CCNc1cc(COC)nc(C2CCC(C)C2)n1. The molecule has 1 heterocycles. The molecule has 1 N–H and O–H groups in total. The number of rotatable bonds is 5. The van der Waals surface area contributed by atoms with Gasteiger partial charge in [0.15, 0.2) is 0 Å². The van der Waals surface area contributed by atoms with Crippen LogP contribution >= 0.6 is 0 Å². The second-order valence-electron chi connectivity index (χ2n) is 5.18. The van der Waals surface area contributed by atoms with E-state index in [0.29, 0.717) is 12.5 Å². The third-order valence-corrected chi connectivity index (χ3v) is 3.51. The van der Waals surface area contributed by atoms with Crippen molar-refractivity contribution in [2.75, 3.05) is 19.0 Å². The molecule has 0 amide bonds. The predicted molar refractivity (Wildman–Crippen MR) is 72.7 cm³/mol. The maximum Gasteiger partial charge on any atom is 0.134 e. The normalized spacial score (nSPS) is 23.3. The summed E-state index contributed by atoms with van der Waals surface area (Å²) in [6.45, 7) is 5.82. The van der Waals surface area contributed by atoms with Gasteiger partial charge in [-0.2, -0.15) is 0 Å². The van der Waals surface area contributed by atoms with Gasteiger partial charge < -0.3 is 10.1 Å². The molecule has 0 aliphatic heterocycles. The van der Waals surface area contributed by atoms with Crippen LogP contribution < -0.4 is 5.32 Å². The van der Waals surface area contributed by atoms with Gasteiger partial charge in [0.1, 0.15) is 11.6 Å². The summed E-state index contributed by atoms with van der Waals surface area (Å²) in [5.41, 5.74) is 0.970. The van der Waals surface area contributed by atoms with Crippen molar-refractivity contribution in [1.29, 1.82) is 0 Å². The molecule has 0 spiro atoms. The smallest absolute Gasteiger partial charge is 0.134 e. The van der Waals surface area contributed by atoms with E-state index in [9.17, 15) is 0 Å². The molecule has 100 valence electrons. The van der Waals surface area contributed by atoms with Crippen LogP contribution in [0.25, 0.3) is 0 Å². The van der Waals surface area contributed by atoms with E-state index in [0.717, 1.165) is 29.8 Å². The monoisotopic (exact) mass is 249 g/mol. The summed E-state index contributed by atoms with van der Waals surface area (Å²) in [6.07, 6.45) is 3.71. The summed E-state index contributed by atoms with van der Waals surface area (Å²) < 4.78 is 5.18. The second-order valence-corrected chi connectivity index (χ2v) is 5.18. The highest BCUT2D eigenvalue weighted by Crippen LogP contribution is 2.36. The summed E-state index contributed by atoms with van der Waals surface area (Å²) >= 11 is 0. The third kappa shape index (κ3) is 3.19. The first-order chi connectivity index (χ1) is 8.72. The van der Waals surface area contributed by atoms with Crippen LogP contribution in [-0.4, -0.2) is 23.6 Å². The summed E-state index contributed by atoms with van der Waals surface area (Å²) in [7, 11) is 1.70. The molecule has 18 heavy (non-hydrogen) atoms. The molecule has 1 aromatic heterocycles. The molecule has 0 bridgehead atoms. The van der Waals surface area contributed by atoms with Gasteiger partial charge in [-0.3, -0.25) is 0 Å². The van der Waals surface area contributed by atoms with E-state index in [-0.39, 0.29) is 0 Å². The Balaban J connectivity index is 2.21. The first kappa shape index (κ1) is 13.3. The lowest BCUT2D eigenvalue weighted by Gasteiger charge is -2.12.